The van der Waals surface area contributed by atoms with Crippen LogP contribution in [0.2, 0.25) is 0 Å². The molecule has 1 saturated carbocycles. The predicted molar refractivity (Wildman–Crippen MR) is 81.5 cm³/mol. The lowest BCUT2D eigenvalue weighted by Gasteiger charge is -2.24. The van der Waals surface area contributed by atoms with Crippen molar-refractivity contribution in [2.45, 2.75) is 38.1 Å². The molecule has 1 atom stereocenters. The van der Waals surface area contributed by atoms with Crippen LogP contribution in [0, 0.1) is 19.3 Å². The maximum Gasteiger partial charge on any atom is 0.318 e. The molecule has 0 aromatic heterocycles. The number of aryl methyl sites for hydroxylation is 1. The summed E-state index contributed by atoms with van der Waals surface area (Å²) in [7, 11) is 1.73. The van der Waals surface area contributed by atoms with Crippen molar-refractivity contribution in [3.05, 3.63) is 35.4 Å². The van der Waals surface area contributed by atoms with E-state index in [-0.39, 0.29) is 17.5 Å². The first-order valence-corrected chi connectivity index (χ1v) is 7.03. The molecule has 3 heteroatoms. The van der Waals surface area contributed by atoms with E-state index >= 15 is 0 Å². The fourth-order valence-corrected chi connectivity index (χ4v) is 2.52. The SMILES string of the molecule is C#C[C@H](C)N(C)C(=O)NCC1(c2ccccc2C)CC1. The smallest absolute Gasteiger partial charge is 0.318 e. The van der Waals surface area contributed by atoms with E-state index in [9.17, 15) is 4.79 Å². The number of hydrogen-bond donors (Lipinski definition) is 1. The van der Waals surface area contributed by atoms with Gasteiger partial charge >= 0.3 is 6.03 Å². The van der Waals surface area contributed by atoms with Crippen molar-refractivity contribution in [2.75, 3.05) is 13.6 Å². The summed E-state index contributed by atoms with van der Waals surface area (Å²) < 4.78 is 0. The van der Waals surface area contributed by atoms with Crippen LogP contribution < -0.4 is 5.32 Å². The maximum atomic E-state index is 12.1. The number of benzene rings is 1. The highest BCUT2D eigenvalue weighted by atomic mass is 16.2. The molecule has 1 aromatic rings. The molecule has 2 rings (SSSR count). The molecule has 0 heterocycles. The molecule has 3 nitrogen and oxygen atoms in total. The van der Waals surface area contributed by atoms with Crippen LogP contribution in [0.25, 0.3) is 0 Å². The van der Waals surface area contributed by atoms with Gasteiger partial charge in [0.1, 0.15) is 0 Å². The Balaban J connectivity index is 2.00. The highest BCUT2D eigenvalue weighted by Crippen LogP contribution is 2.48. The molecule has 0 unspecified atom stereocenters. The largest absolute Gasteiger partial charge is 0.337 e. The molecule has 1 aliphatic carbocycles. The van der Waals surface area contributed by atoms with E-state index in [4.69, 9.17) is 6.42 Å². The summed E-state index contributed by atoms with van der Waals surface area (Å²) in [6, 6.07) is 8.12. The monoisotopic (exact) mass is 270 g/mol. The van der Waals surface area contributed by atoms with Gasteiger partial charge in [-0.25, -0.2) is 4.79 Å². The molecule has 106 valence electrons. The summed E-state index contributed by atoms with van der Waals surface area (Å²) in [6.45, 7) is 4.65. The van der Waals surface area contributed by atoms with Crippen molar-refractivity contribution >= 4 is 6.03 Å². The Morgan fingerprint density at radius 1 is 1.50 bits per heavy atom. The Labute approximate surface area is 121 Å². The number of urea groups is 1. The van der Waals surface area contributed by atoms with Crippen molar-refractivity contribution in [3.8, 4) is 12.3 Å². The van der Waals surface area contributed by atoms with Crippen molar-refractivity contribution in [2.24, 2.45) is 0 Å². The molecule has 20 heavy (non-hydrogen) atoms. The number of nitrogens with zero attached hydrogens (tertiary/aromatic N) is 1. The van der Waals surface area contributed by atoms with Gasteiger partial charge in [-0.1, -0.05) is 30.2 Å². The predicted octanol–water partition coefficient (Wildman–Crippen LogP) is 2.69. The fourth-order valence-electron chi connectivity index (χ4n) is 2.52. The Kier molecular flexibility index (Phi) is 4.04. The topological polar surface area (TPSA) is 32.3 Å². The van der Waals surface area contributed by atoms with Crippen LogP contribution in [-0.2, 0) is 5.41 Å². The first kappa shape index (κ1) is 14.5. The summed E-state index contributed by atoms with van der Waals surface area (Å²) in [5.74, 6) is 2.56. The maximum absolute atomic E-state index is 12.1. The number of amides is 2. The Hall–Kier alpha value is -1.95. The molecule has 1 fully saturated rings. The standard InChI is InChI=1S/C17H22N2O/c1-5-14(3)19(4)16(20)18-12-17(10-11-17)15-9-7-6-8-13(15)2/h1,6-9,14H,10-12H2,2-4H3,(H,18,20)/t14-/m0/s1. The number of hydrogen-bond acceptors (Lipinski definition) is 1. The summed E-state index contributed by atoms with van der Waals surface area (Å²) in [6.07, 6.45) is 7.61. The van der Waals surface area contributed by atoms with E-state index in [1.54, 1.807) is 11.9 Å². The summed E-state index contributed by atoms with van der Waals surface area (Å²) in [5.41, 5.74) is 2.78. The zero-order valence-corrected chi connectivity index (χ0v) is 12.4. The van der Waals surface area contributed by atoms with Gasteiger partial charge in [0.15, 0.2) is 0 Å². The van der Waals surface area contributed by atoms with Crippen molar-refractivity contribution in [1.29, 1.82) is 0 Å². The van der Waals surface area contributed by atoms with E-state index in [0.29, 0.717) is 6.54 Å². The second kappa shape index (κ2) is 5.58. The average molecular weight is 270 g/mol. The minimum Gasteiger partial charge on any atom is -0.337 e. The van der Waals surface area contributed by atoms with Crippen molar-refractivity contribution < 1.29 is 4.79 Å². The lowest BCUT2D eigenvalue weighted by molar-refractivity contribution is 0.202. The Morgan fingerprint density at radius 2 is 2.15 bits per heavy atom. The first-order chi connectivity index (χ1) is 9.50. The minimum atomic E-state index is -0.191. The minimum absolute atomic E-state index is 0.102. The lowest BCUT2D eigenvalue weighted by atomic mass is 9.92. The number of carbonyl (C=O) groups excluding carboxylic acids is 1. The molecule has 1 aromatic carbocycles. The third-order valence-corrected chi connectivity index (χ3v) is 4.29. The average Bonchev–Trinajstić information content (AvgIpc) is 3.24. The van der Waals surface area contributed by atoms with Crippen LogP contribution in [0.15, 0.2) is 24.3 Å². The van der Waals surface area contributed by atoms with E-state index in [0.717, 1.165) is 12.8 Å². The van der Waals surface area contributed by atoms with Gasteiger partial charge in [0.05, 0.1) is 6.04 Å². The molecule has 2 amide bonds. The zero-order chi connectivity index (χ0) is 14.8. The van der Waals surface area contributed by atoms with E-state index in [2.05, 4.69) is 42.4 Å². The highest BCUT2D eigenvalue weighted by molar-refractivity contribution is 5.74. The summed E-state index contributed by atoms with van der Waals surface area (Å²) in [4.78, 5) is 13.6. The molecule has 1 aliphatic rings. The van der Waals surface area contributed by atoms with E-state index in [1.165, 1.54) is 11.1 Å². The van der Waals surface area contributed by atoms with Crippen LogP contribution in [0.5, 0.6) is 0 Å². The van der Waals surface area contributed by atoms with E-state index < -0.39 is 0 Å². The third-order valence-electron chi connectivity index (χ3n) is 4.29. The summed E-state index contributed by atoms with van der Waals surface area (Å²) >= 11 is 0. The number of rotatable bonds is 4. The van der Waals surface area contributed by atoms with Crippen LogP contribution in [-0.4, -0.2) is 30.6 Å². The van der Waals surface area contributed by atoms with Crippen LogP contribution >= 0.6 is 0 Å². The molecule has 0 spiro atoms. The molecule has 0 radical (unpaired) electrons. The van der Waals surface area contributed by atoms with Gasteiger partial charge in [-0.05, 0) is 37.8 Å². The number of nitrogens with one attached hydrogen (secondary N) is 1. The number of carbonyl (C=O) groups is 1. The first-order valence-electron chi connectivity index (χ1n) is 7.03. The Morgan fingerprint density at radius 3 is 2.70 bits per heavy atom. The van der Waals surface area contributed by atoms with Gasteiger partial charge in [-0.2, -0.15) is 0 Å². The number of terminal acetylenes is 1. The van der Waals surface area contributed by atoms with Gasteiger partial charge in [0.25, 0.3) is 0 Å². The molecule has 0 bridgehead atoms. The normalized spacial score (nSPS) is 16.9. The van der Waals surface area contributed by atoms with Crippen LogP contribution in [0.1, 0.15) is 30.9 Å². The quantitative estimate of drug-likeness (QED) is 0.838. The molecule has 0 aliphatic heterocycles. The highest BCUT2D eigenvalue weighted by Gasteiger charge is 2.45. The summed E-state index contributed by atoms with van der Waals surface area (Å²) in [5, 5.41) is 3.02. The van der Waals surface area contributed by atoms with Crippen molar-refractivity contribution in [3.63, 3.8) is 0 Å². The second-order valence-corrected chi connectivity index (χ2v) is 5.71. The fraction of sp³-hybridized carbons (Fsp3) is 0.471. The van der Waals surface area contributed by atoms with Crippen LogP contribution in [0.4, 0.5) is 4.79 Å². The zero-order valence-electron chi connectivity index (χ0n) is 12.4. The van der Waals surface area contributed by atoms with Crippen LogP contribution in [0.3, 0.4) is 0 Å². The molecule has 1 N–H and O–H groups in total. The van der Waals surface area contributed by atoms with Crippen molar-refractivity contribution in [1.82, 2.24) is 10.2 Å². The molecule has 0 saturated heterocycles. The molecular weight excluding hydrogens is 248 g/mol. The van der Waals surface area contributed by atoms with Gasteiger partial charge in [-0.3, -0.25) is 0 Å². The van der Waals surface area contributed by atoms with Gasteiger partial charge in [0, 0.05) is 19.0 Å². The second-order valence-electron chi connectivity index (χ2n) is 5.71. The van der Waals surface area contributed by atoms with Gasteiger partial charge in [-0.15, -0.1) is 6.42 Å². The third kappa shape index (κ3) is 2.80. The van der Waals surface area contributed by atoms with E-state index in [1.807, 2.05) is 6.92 Å². The van der Waals surface area contributed by atoms with Gasteiger partial charge in [0.2, 0.25) is 0 Å². The lowest BCUT2D eigenvalue weighted by Crippen LogP contribution is -2.44. The van der Waals surface area contributed by atoms with Gasteiger partial charge < -0.3 is 10.2 Å². The molecular formula is C17H22N2O. The Bertz CT molecular complexity index is 540.